The number of carbonyl (C=O) groups is 3. The summed E-state index contributed by atoms with van der Waals surface area (Å²) in [6.45, 7) is -0.965. The molecule has 0 bridgehead atoms. The summed E-state index contributed by atoms with van der Waals surface area (Å²) < 4.78 is 0. The van der Waals surface area contributed by atoms with Crippen LogP contribution in [0.4, 0.5) is 5.69 Å². The van der Waals surface area contributed by atoms with E-state index in [2.05, 4.69) is 0 Å². The third-order valence-corrected chi connectivity index (χ3v) is 4.31. The second-order valence-electron chi connectivity index (χ2n) is 5.98. The van der Waals surface area contributed by atoms with Gasteiger partial charge in [-0.15, -0.1) is 0 Å². The fraction of sp³-hybridized carbons (Fsp3) is 0.105. The highest BCUT2D eigenvalue weighted by Gasteiger charge is 2.48. The van der Waals surface area contributed by atoms with Crippen molar-refractivity contribution in [3.8, 4) is 0 Å². The van der Waals surface area contributed by atoms with Gasteiger partial charge in [0, 0.05) is 11.6 Å². The number of aliphatic hydroxyl groups excluding tert-OH is 1. The molecular formula is C19H13N2O7-. The Hall–Kier alpha value is -4.01. The maximum atomic E-state index is 12.6. The first-order valence-electron chi connectivity index (χ1n) is 8.10. The van der Waals surface area contributed by atoms with Crippen LogP contribution >= 0.6 is 0 Å². The zero-order chi connectivity index (χ0) is 20.4. The lowest BCUT2D eigenvalue weighted by Crippen LogP contribution is -2.40. The smallest absolute Gasteiger partial charge is 0.295 e. The highest BCUT2D eigenvalue weighted by molar-refractivity contribution is 6.47. The second kappa shape index (κ2) is 7.31. The summed E-state index contributed by atoms with van der Waals surface area (Å²) in [5.74, 6) is -4.52. The van der Waals surface area contributed by atoms with Crippen LogP contribution < -0.4 is 5.11 Å². The van der Waals surface area contributed by atoms with Crippen molar-refractivity contribution in [3.05, 3.63) is 81.4 Å². The molecule has 1 amide bonds. The third-order valence-electron chi connectivity index (χ3n) is 4.31. The SMILES string of the molecule is O=C([O-])CN1C(=O)C(=O)/C(=C(\O)c2ccccc2)[C@@H]1c1ccccc1[N+](=O)[O-]. The molecule has 1 atom stereocenters. The fourth-order valence-electron chi connectivity index (χ4n) is 3.14. The molecule has 1 fully saturated rings. The van der Waals surface area contributed by atoms with E-state index >= 15 is 0 Å². The number of carboxylic acid groups (broad SMARTS) is 1. The van der Waals surface area contributed by atoms with Crippen LogP contribution in [-0.2, 0) is 14.4 Å². The minimum atomic E-state index is -1.65. The van der Waals surface area contributed by atoms with E-state index in [9.17, 15) is 34.7 Å². The van der Waals surface area contributed by atoms with Crippen molar-refractivity contribution in [2.75, 3.05) is 6.54 Å². The van der Waals surface area contributed by atoms with Gasteiger partial charge in [0.2, 0.25) is 0 Å². The van der Waals surface area contributed by atoms with Gasteiger partial charge in [-0.1, -0.05) is 42.5 Å². The Morgan fingerprint density at radius 2 is 1.68 bits per heavy atom. The molecule has 0 aromatic heterocycles. The van der Waals surface area contributed by atoms with Crippen molar-refractivity contribution >= 4 is 29.1 Å². The number of para-hydroxylation sites is 1. The normalized spacial score (nSPS) is 18.3. The standard InChI is InChI=1S/C19H14N2O7/c22-14(23)10-20-16(12-8-4-5-9-13(12)21(27)28)15(18(25)19(20)26)17(24)11-6-2-1-3-7-11/h1-9,16,24H,10H2,(H,22,23)/p-1/b17-15-/t16-/m0/s1. The monoisotopic (exact) mass is 381 g/mol. The van der Waals surface area contributed by atoms with Gasteiger partial charge >= 0.3 is 0 Å². The summed E-state index contributed by atoms with van der Waals surface area (Å²) in [4.78, 5) is 47.5. The predicted octanol–water partition coefficient (Wildman–Crippen LogP) is 0.766. The number of aliphatic carboxylic acids is 1. The predicted molar refractivity (Wildman–Crippen MR) is 93.6 cm³/mol. The summed E-state index contributed by atoms with van der Waals surface area (Å²) in [7, 11) is 0. The number of nitro groups is 1. The highest BCUT2D eigenvalue weighted by Crippen LogP contribution is 2.42. The number of rotatable bonds is 5. The van der Waals surface area contributed by atoms with Gasteiger partial charge in [-0.2, -0.15) is 0 Å². The molecule has 0 unspecified atom stereocenters. The number of carboxylic acids is 1. The van der Waals surface area contributed by atoms with Crippen LogP contribution in [0.25, 0.3) is 5.76 Å². The molecule has 28 heavy (non-hydrogen) atoms. The fourth-order valence-corrected chi connectivity index (χ4v) is 3.14. The largest absolute Gasteiger partial charge is 0.548 e. The number of nitro benzene ring substituents is 1. The summed E-state index contributed by atoms with van der Waals surface area (Å²) in [6.07, 6.45) is 0. The molecule has 0 spiro atoms. The van der Waals surface area contributed by atoms with E-state index in [1.807, 2.05) is 0 Å². The molecule has 0 aliphatic carbocycles. The lowest BCUT2D eigenvalue weighted by Gasteiger charge is -2.25. The van der Waals surface area contributed by atoms with Gasteiger partial charge in [-0.3, -0.25) is 19.7 Å². The Bertz CT molecular complexity index is 1010. The zero-order valence-electron chi connectivity index (χ0n) is 14.3. The topological polar surface area (TPSA) is 141 Å². The molecule has 1 heterocycles. The Morgan fingerprint density at radius 1 is 1.07 bits per heavy atom. The van der Waals surface area contributed by atoms with Crippen LogP contribution in [0.5, 0.6) is 0 Å². The molecule has 142 valence electrons. The Labute approximate surface area is 158 Å². The number of nitrogens with zero attached hydrogens (tertiary/aromatic N) is 2. The molecular weight excluding hydrogens is 368 g/mol. The maximum absolute atomic E-state index is 12.6. The second-order valence-corrected chi connectivity index (χ2v) is 5.98. The molecule has 2 aromatic carbocycles. The van der Waals surface area contributed by atoms with Gasteiger partial charge in [-0.05, 0) is 6.07 Å². The number of carbonyl (C=O) groups excluding carboxylic acids is 3. The molecule has 2 aromatic rings. The number of hydrogen-bond acceptors (Lipinski definition) is 7. The van der Waals surface area contributed by atoms with Gasteiger partial charge in [0.1, 0.15) is 5.76 Å². The Kier molecular flexibility index (Phi) is 4.90. The quantitative estimate of drug-likeness (QED) is 0.265. The van der Waals surface area contributed by atoms with Crippen LogP contribution in [0.2, 0.25) is 0 Å². The molecule has 1 saturated heterocycles. The van der Waals surface area contributed by atoms with Gasteiger partial charge in [0.05, 0.1) is 34.6 Å². The van der Waals surface area contributed by atoms with Crippen LogP contribution in [0.3, 0.4) is 0 Å². The molecule has 1 aliphatic rings. The van der Waals surface area contributed by atoms with E-state index in [0.717, 1.165) is 6.07 Å². The van der Waals surface area contributed by atoms with Crippen molar-refractivity contribution in [1.82, 2.24) is 4.90 Å². The number of hydrogen-bond donors (Lipinski definition) is 1. The summed E-state index contributed by atoms with van der Waals surface area (Å²) in [6, 6.07) is 11.7. The van der Waals surface area contributed by atoms with Crippen molar-refractivity contribution < 1.29 is 29.5 Å². The summed E-state index contributed by atoms with van der Waals surface area (Å²) in [5, 5.41) is 33.2. The first-order chi connectivity index (χ1) is 13.3. The number of aliphatic hydroxyl groups is 1. The van der Waals surface area contributed by atoms with Crippen molar-refractivity contribution in [2.24, 2.45) is 0 Å². The molecule has 9 heteroatoms. The number of ketones is 1. The minimum Gasteiger partial charge on any atom is -0.548 e. The highest BCUT2D eigenvalue weighted by atomic mass is 16.6. The lowest BCUT2D eigenvalue weighted by molar-refractivity contribution is -0.385. The Morgan fingerprint density at radius 3 is 2.29 bits per heavy atom. The number of likely N-dealkylation sites (tertiary alicyclic amines) is 1. The van der Waals surface area contributed by atoms with Crippen LogP contribution in [0, 0.1) is 10.1 Å². The molecule has 1 N–H and O–H groups in total. The van der Waals surface area contributed by atoms with E-state index in [1.165, 1.54) is 30.3 Å². The van der Waals surface area contributed by atoms with Crippen molar-refractivity contribution in [3.63, 3.8) is 0 Å². The van der Waals surface area contributed by atoms with E-state index in [4.69, 9.17) is 0 Å². The maximum Gasteiger partial charge on any atom is 0.295 e. The van der Waals surface area contributed by atoms with E-state index in [0.29, 0.717) is 4.90 Å². The average molecular weight is 381 g/mol. The van der Waals surface area contributed by atoms with Crippen molar-refractivity contribution in [2.45, 2.75) is 6.04 Å². The van der Waals surface area contributed by atoms with E-state index in [1.54, 1.807) is 18.2 Å². The summed E-state index contributed by atoms with van der Waals surface area (Å²) in [5.41, 5.74) is -0.730. The molecule has 0 saturated carbocycles. The first-order valence-corrected chi connectivity index (χ1v) is 8.10. The first kappa shape index (κ1) is 18.8. The number of amides is 1. The molecule has 0 radical (unpaired) electrons. The lowest BCUT2D eigenvalue weighted by atomic mass is 9.94. The molecule has 3 rings (SSSR count). The van der Waals surface area contributed by atoms with Crippen LogP contribution in [0.15, 0.2) is 60.2 Å². The van der Waals surface area contributed by atoms with Gasteiger partial charge < -0.3 is 19.9 Å². The van der Waals surface area contributed by atoms with Crippen LogP contribution in [-0.4, -0.2) is 39.1 Å². The van der Waals surface area contributed by atoms with Gasteiger partial charge in [-0.25, -0.2) is 0 Å². The number of benzene rings is 2. The Balaban J connectivity index is 2.28. The summed E-state index contributed by atoms with van der Waals surface area (Å²) >= 11 is 0. The minimum absolute atomic E-state index is 0.0922. The van der Waals surface area contributed by atoms with Gasteiger partial charge in [0.25, 0.3) is 17.4 Å². The van der Waals surface area contributed by atoms with E-state index < -0.39 is 52.2 Å². The van der Waals surface area contributed by atoms with E-state index in [-0.39, 0.29) is 11.1 Å². The van der Waals surface area contributed by atoms with Gasteiger partial charge in [0.15, 0.2) is 0 Å². The number of Topliss-reactive ketones (excluding diaryl/α,β-unsaturated/α-hetero) is 1. The van der Waals surface area contributed by atoms with Crippen LogP contribution in [0.1, 0.15) is 17.2 Å². The third kappa shape index (κ3) is 3.20. The zero-order valence-corrected chi connectivity index (χ0v) is 14.3. The van der Waals surface area contributed by atoms with Crippen molar-refractivity contribution in [1.29, 1.82) is 0 Å². The molecule has 1 aliphatic heterocycles. The molecule has 9 nitrogen and oxygen atoms in total. The average Bonchev–Trinajstić information content (AvgIpc) is 2.92.